The molecular formula is C11H23NO2S2. The van der Waals surface area contributed by atoms with E-state index in [1.807, 2.05) is 18.8 Å². The minimum absolute atomic E-state index is 0.248. The lowest BCUT2D eigenvalue weighted by Crippen LogP contribution is -2.39. The second-order valence-electron chi connectivity index (χ2n) is 4.77. The number of hydrogen-bond donors (Lipinski definition) is 0. The molecule has 16 heavy (non-hydrogen) atoms. The highest BCUT2D eigenvalue weighted by Gasteiger charge is 2.21. The van der Waals surface area contributed by atoms with Gasteiger partial charge in [-0.05, 0) is 39.5 Å². The molecule has 1 atom stereocenters. The van der Waals surface area contributed by atoms with Crippen LogP contribution in [0.3, 0.4) is 0 Å². The SMILES string of the molecule is CC(C)S(=O)(=O)CCN(C)[C@H]1CCCSC1. The molecule has 0 aromatic carbocycles. The highest BCUT2D eigenvalue weighted by molar-refractivity contribution is 7.99. The first-order valence-corrected chi connectivity index (χ1v) is 8.80. The summed E-state index contributed by atoms with van der Waals surface area (Å²) in [7, 11) is -0.832. The van der Waals surface area contributed by atoms with E-state index in [1.165, 1.54) is 18.6 Å². The van der Waals surface area contributed by atoms with Gasteiger partial charge in [-0.15, -0.1) is 0 Å². The molecule has 1 heterocycles. The highest BCUT2D eigenvalue weighted by Crippen LogP contribution is 2.20. The van der Waals surface area contributed by atoms with Crippen LogP contribution >= 0.6 is 11.8 Å². The fraction of sp³-hybridized carbons (Fsp3) is 1.00. The summed E-state index contributed by atoms with van der Waals surface area (Å²) in [6, 6.07) is 0.570. The Balaban J connectivity index is 2.37. The third-order valence-electron chi connectivity index (χ3n) is 3.21. The molecular weight excluding hydrogens is 242 g/mol. The molecule has 0 amide bonds. The zero-order chi connectivity index (χ0) is 12.2. The molecule has 0 unspecified atom stereocenters. The quantitative estimate of drug-likeness (QED) is 0.757. The standard InChI is InChI=1S/C11H23NO2S2/c1-10(2)16(13,14)8-6-12(3)11-5-4-7-15-9-11/h10-11H,4-9H2,1-3H3/t11-/m0/s1. The zero-order valence-electron chi connectivity index (χ0n) is 10.5. The van der Waals surface area contributed by atoms with Crippen LogP contribution in [0.5, 0.6) is 0 Å². The van der Waals surface area contributed by atoms with E-state index in [9.17, 15) is 8.42 Å². The smallest absolute Gasteiger partial charge is 0.153 e. The summed E-state index contributed by atoms with van der Waals surface area (Å²) in [4.78, 5) is 2.21. The van der Waals surface area contributed by atoms with Gasteiger partial charge < -0.3 is 4.90 Å². The Bertz CT molecular complexity index is 295. The Kier molecular flexibility index (Phi) is 5.61. The largest absolute Gasteiger partial charge is 0.302 e. The maximum atomic E-state index is 11.7. The monoisotopic (exact) mass is 265 g/mol. The maximum absolute atomic E-state index is 11.7. The fourth-order valence-electron chi connectivity index (χ4n) is 1.76. The Morgan fingerprint density at radius 1 is 1.44 bits per heavy atom. The van der Waals surface area contributed by atoms with Crippen LogP contribution in [-0.4, -0.2) is 55.5 Å². The molecule has 1 saturated heterocycles. The molecule has 0 aromatic rings. The molecule has 1 aliphatic rings. The Hall–Kier alpha value is 0.260. The van der Waals surface area contributed by atoms with Crippen LogP contribution in [0.4, 0.5) is 0 Å². The van der Waals surface area contributed by atoms with Crippen LogP contribution in [0.25, 0.3) is 0 Å². The lowest BCUT2D eigenvalue weighted by molar-refractivity contribution is 0.259. The third-order valence-corrected chi connectivity index (χ3v) is 6.59. The van der Waals surface area contributed by atoms with Gasteiger partial charge in [0.15, 0.2) is 9.84 Å². The Labute approximate surface area is 104 Å². The van der Waals surface area contributed by atoms with Gasteiger partial charge in [-0.1, -0.05) is 0 Å². The second-order valence-corrected chi connectivity index (χ2v) is 8.59. The van der Waals surface area contributed by atoms with Crippen molar-refractivity contribution in [3.8, 4) is 0 Å². The van der Waals surface area contributed by atoms with Crippen LogP contribution in [0.15, 0.2) is 0 Å². The molecule has 96 valence electrons. The molecule has 0 bridgehead atoms. The van der Waals surface area contributed by atoms with E-state index in [4.69, 9.17) is 0 Å². The lowest BCUT2D eigenvalue weighted by atomic mass is 10.1. The van der Waals surface area contributed by atoms with Gasteiger partial charge in [-0.25, -0.2) is 8.42 Å². The molecule has 1 fully saturated rings. The van der Waals surface area contributed by atoms with Crippen molar-refractivity contribution >= 4 is 21.6 Å². The molecule has 3 nitrogen and oxygen atoms in total. The molecule has 0 aliphatic carbocycles. The maximum Gasteiger partial charge on any atom is 0.153 e. The van der Waals surface area contributed by atoms with E-state index in [0.717, 1.165) is 5.75 Å². The van der Waals surface area contributed by atoms with Crippen LogP contribution in [0, 0.1) is 0 Å². The van der Waals surface area contributed by atoms with Gasteiger partial charge in [0.25, 0.3) is 0 Å². The highest BCUT2D eigenvalue weighted by atomic mass is 32.2. The van der Waals surface area contributed by atoms with E-state index in [0.29, 0.717) is 18.3 Å². The van der Waals surface area contributed by atoms with Gasteiger partial charge in [0.2, 0.25) is 0 Å². The molecule has 0 saturated carbocycles. The van der Waals surface area contributed by atoms with Crippen LogP contribution in [0.1, 0.15) is 26.7 Å². The normalized spacial score (nSPS) is 22.9. The topological polar surface area (TPSA) is 37.4 Å². The Morgan fingerprint density at radius 2 is 2.12 bits per heavy atom. The van der Waals surface area contributed by atoms with E-state index in [2.05, 4.69) is 4.90 Å². The molecule has 0 N–H and O–H groups in total. The molecule has 1 rings (SSSR count). The summed E-state index contributed by atoms with van der Waals surface area (Å²) in [6.45, 7) is 4.18. The summed E-state index contributed by atoms with van der Waals surface area (Å²) in [5.74, 6) is 2.70. The van der Waals surface area contributed by atoms with Gasteiger partial charge in [-0.2, -0.15) is 11.8 Å². The van der Waals surface area contributed by atoms with Crippen molar-refractivity contribution in [1.29, 1.82) is 0 Å². The van der Waals surface area contributed by atoms with Gasteiger partial charge >= 0.3 is 0 Å². The number of sulfone groups is 1. The first-order valence-electron chi connectivity index (χ1n) is 5.93. The van der Waals surface area contributed by atoms with Crippen LogP contribution < -0.4 is 0 Å². The molecule has 5 heteroatoms. The van der Waals surface area contributed by atoms with Crippen molar-refractivity contribution in [1.82, 2.24) is 4.90 Å². The summed E-state index contributed by atoms with van der Waals surface area (Å²) in [5, 5.41) is -0.248. The van der Waals surface area contributed by atoms with Crippen molar-refractivity contribution in [2.75, 3.05) is 30.9 Å². The van der Waals surface area contributed by atoms with Crippen LogP contribution in [-0.2, 0) is 9.84 Å². The van der Waals surface area contributed by atoms with E-state index in [1.54, 1.807) is 13.8 Å². The van der Waals surface area contributed by atoms with Gasteiger partial charge in [0.1, 0.15) is 0 Å². The third kappa shape index (κ3) is 4.26. The van der Waals surface area contributed by atoms with Gasteiger partial charge in [-0.3, -0.25) is 0 Å². The fourth-order valence-corrected chi connectivity index (χ4v) is 4.01. The molecule has 1 aliphatic heterocycles. The minimum Gasteiger partial charge on any atom is -0.302 e. The minimum atomic E-state index is -2.88. The predicted octanol–water partition coefficient (Wildman–Crippen LogP) is 1.64. The van der Waals surface area contributed by atoms with E-state index >= 15 is 0 Å². The zero-order valence-corrected chi connectivity index (χ0v) is 12.1. The van der Waals surface area contributed by atoms with Gasteiger partial charge in [0.05, 0.1) is 11.0 Å². The van der Waals surface area contributed by atoms with E-state index < -0.39 is 9.84 Å². The lowest BCUT2D eigenvalue weighted by Gasteiger charge is -2.30. The summed E-state index contributed by atoms with van der Waals surface area (Å²) < 4.78 is 23.4. The van der Waals surface area contributed by atoms with Gasteiger partial charge in [0, 0.05) is 18.3 Å². The summed E-state index contributed by atoms with van der Waals surface area (Å²) in [5.41, 5.74) is 0. The van der Waals surface area contributed by atoms with Crippen molar-refractivity contribution in [2.45, 2.75) is 38.0 Å². The van der Waals surface area contributed by atoms with Crippen molar-refractivity contribution in [3.63, 3.8) is 0 Å². The second kappa shape index (κ2) is 6.26. The first-order chi connectivity index (χ1) is 7.43. The number of thioether (sulfide) groups is 1. The van der Waals surface area contributed by atoms with Crippen molar-refractivity contribution < 1.29 is 8.42 Å². The van der Waals surface area contributed by atoms with Crippen molar-refractivity contribution in [2.24, 2.45) is 0 Å². The van der Waals surface area contributed by atoms with E-state index in [-0.39, 0.29) is 5.25 Å². The molecule has 0 spiro atoms. The first kappa shape index (κ1) is 14.3. The molecule has 0 radical (unpaired) electrons. The van der Waals surface area contributed by atoms with Crippen molar-refractivity contribution in [3.05, 3.63) is 0 Å². The number of nitrogens with zero attached hydrogens (tertiary/aromatic N) is 1. The average molecular weight is 265 g/mol. The predicted molar refractivity (Wildman–Crippen MR) is 71.9 cm³/mol. The average Bonchev–Trinajstić information content (AvgIpc) is 2.27. The number of rotatable bonds is 5. The van der Waals surface area contributed by atoms with Crippen LogP contribution in [0.2, 0.25) is 0 Å². The summed E-state index contributed by atoms with van der Waals surface area (Å²) in [6.07, 6.45) is 2.47. The number of hydrogen-bond acceptors (Lipinski definition) is 4. The Morgan fingerprint density at radius 3 is 2.62 bits per heavy atom. The summed E-state index contributed by atoms with van der Waals surface area (Å²) >= 11 is 1.98. The molecule has 0 aromatic heterocycles.